The molecule has 2 saturated carbocycles. The molecule has 3 heterocycles. The summed E-state index contributed by atoms with van der Waals surface area (Å²) >= 11 is 0. The summed E-state index contributed by atoms with van der Waals surface area (Å²) < 4.78 is 44.7. The number of carbonyl (C=O) groups is 1. The summed E-state index contributed by atoms with van der Waals surface area (Å²) in [5.74, 6) is -4.84. The Balaban J connectivity index is 1.58. The second kappa shape index (κ2) is 19.7. The first-order chi connectivity index (χ1) is 28.0. The maximum atomic E-state index is 14.3. The lowest BCUT2D eigenvalue weighted by atomic mass is 9.77. The molecular formula is C45H80N2O13. The Morgan fingerprint density at radius 3 is 2.12 bits per heavy atom. The van der Waals surface area contributed by atoms with E-state index in [9.17, 15) is 25.2 Å². The van der Waals surface area contributed by atoms with Gasteiger partial charge in [-0.15, -0.1) is 0 Å². The van der Waals surface area contributed by atoms with Crippen molar-refractivity contribution < 1.29 is 63.2 Å². The fourth-order valence-corrected chi connectivity index (χ4v) is 10.7. The smallest absolute Gasteiger partial charge is 0.311 e. The van der Waals surface area contributed by atoms with Crippen LogP contribution < -0.4 is 0 Å². The van der Waals surface area contributed by atoms with Gasteiger partial charge in [-0.25, -0.2) is 0 Å². The number of oxime groups is 1. The first-order valence-corrected chi connectivity index (χ1v) is 22.7. The summed E-state index contributed by atoms with van der Waals surface area (Å²) in [5.41, 5.74) is -2.18. The van der Waals surface area contributed by atoms with Crippen LogP contribution in [-0.4, -0.2) is 149 Å². The summed E-state index contributed by atoms with van der Waals surface area (Å²) in [4.78, 5) is 22.8. The van der Waals surface area contributed by atoms with Gasteiger partial charge in [0, 0.05) is 50.2 Å². The van der Waals surface area contributed by atoms with Gasteiger partial charge in [-0.05, 0) is 93.2 Å². The molecule has 0 aromatic carbocycles. The molecule has 0 spiro atoms. The highest BCUT2D eigenvalue weighted by molar-refractivity contribution is 5.89. The zero-order chi connectivity index (χ0) is 44.6. The van der Waals surface area contributed by atoms with E-state index in [1.54, 1.807) is 27.7 Å². The van der Waals surface area contributed by atoms with Crippen LogP contribution in [0.1, 0.15) is 128 Å². The van der Waals surface area contributed by atoms with Crippen LogP contribution in [0.2, 0.25) is 0 Å². The molecule has 60 heavy (non-hydrogen) atoms. The second-order valence-electron chi connectivity index (χ2n) is 20.0. The number of hydrogen-bond donors (Lipinski definition) is 4. The number of esters is 1. The van der Waals surface area contributed by atoms with Gasteiger partial charge < -0.3 is 63.3 Å². The van der Waals surface area contributed by atoms with E-state index in [-0.39, 0.29) is 36.5 Å². The van der Waals surface area contributed by atoms with Gasteiger partial charge in [0.15, 0.2) is 12.6 Å². The number of fused-ring (bicyclic) bond motifs is 1. The molecule has 0 radical (unpaired) electrons. The average Bonchev–Trinajstić information content (AvgIpc) is 3.71. The summed E-state index contributed by atoms with van der Waals surface area (Å²) in [6.45, 7) is 20.8. The van der Waals surface area contributed by atoms with E-state index in [1.165, 1.54) is 7.11 Å². The Hall–Kier alpha value is -1.50. The Morgan fingerprint density at radius 1 is 0.867 bits per heavy atom. The van der Waals surface area contributed by atoms with Crippen LogP contribution >= 0.6 is 0 Å². The lowest BCUT2D eigenvalue weighted by Gasteiger charge is -2.47. The number of methoxy groups -OCH3 is 1. The molecule has 15 nitrogen and oxygen atoms in total. The van der Waals surface area contributed by atoms with Crippen LogP contribution in [0.3, 0.4) is 0 Å². The minimum Gasteiger partial charge on any atom is -0.458 e. The van der Waals surface area contributed by atoms with E-state index in [0.717, 1.165) is 19.3 Å². The maximum absolute atomic E-state index is 14.3. The van der Waals surface area contributed by atoms with Gasteiger partial charge in [0.1, 0.15) is 23.9 Å². The molecule has 19 atom stereocenters. The van der Waals surface area contributed by atoms with Gasteiger partial charge in [0.2, 0.25) is 5.79 Å². The van der Waals surface area contributed by atoms with E-state index >= 15 is 0 Å². The van der Waals surface area contributed by atoms with Crippen LogP contribution in [0.5, 0.6) is 0 Å². The van der Waals surface area contributed by atoms with Gasteiger partial charge in [-0.1, -0.05) is 46.2 Å². The topological polar surface area (TPSA) is 187 Å². The minimum absolute atomic E-state index is 0.101. The summed E-state index contributed by atoms with van der Waals surface area (Å²) in [6, 6.07) is -0.226. The second-order valence-corrected chi connectivity index (χ2v) is 20.0. The lowest BCUT2D eigenvalue weighted by molar-refractivity contribution is -0.309. The Morgan fingerprint density at radius 2 is 1.52 bits per heavy atom. The number of aliphatic hydroxyl groups excluding tert-OH is 3. The van der Waals surface area contributed by atoms with Crippen LogP contribution in [0, 0.1) is 35.5 Å². The number of rotatable bonds is 10. The molecule has 4 N–H and O–H groups in total. The van der Waals surface area contributed by atoms with Crippen LogP contribution in [0.4, 0.5) is 0 Å². The Kier molecular flexibility index (Phi) is 16.3. The molecular weight excluding hydrogens is 776 g/mol. The number of likely N-dealkylation sites (N-methyl/N-ethyl adjacent to an activating group) is 1. The molecule has 348 valence electrons. The highest BCUT2D eigenvalue weighted by Gasteiger charge is 2.70. The number of aliphatic hydroxyl groups is 4. The van der Waals surface area contributed by atoms with Crippen molar-refractivity contribution in [2.75, 3.05) is 21.2 Å². The molecule has 5 aliphatic rings. The summed E-state index contributed by atoms with van der Waals surface area (Å²) in [5, 5.41) is 51.7. The maximum Gasteiger partial charge on any atom is 0.311 e. The zero-order valence-electron chi connectivity index (χ0n) is 38.9. The normalized spacial score (nSPS) is 47.7. The largest absolute Gasteiger partial charge is 0.458 e. The highest BCUT2D eigenvalue weighted by Crippen LogP contribution is 2.52. The summed E-state index contributed by atoms with van der Waals surface area (Å²) in [6.07, 6.45) is -3.04. The third-order valence-electron chi connectivity index (χ3n) is 14.6. The molecule has 0 aromatic heterocycles. The van der Waals surface area contributed by atoms with Crippen molar-refractivity contribution in [3.8, 4) is 0 Å². The van der Waals surface area contributed by atoms with Gasteiger partial charge in [0.25, 0.3) is 0 Å². The molecule has 3 saturated heterocycles. The first-order valence-electron chi connectivity index (χ1n) is 22.7. The van der Waals surface area contributed by atoms with Crippen LogP contribution in [0.25, 0.3) is 0 Å². The van der Waals surface area contributed by atoms with Crippen molar-refractivity contribution in [3.63, 3.8) is 0 Å². The molecule has 2 aliphatic carbocycles. The van der Waals surface area contributed by atoms with Gasteiger partial charge in [0.05, 0.1) is 53.9 Å². The molecule has 3 aliphatic heterocycles. The van der Waals surface area contributed by atoms with E-state index in [4.69, 9.17) is 43.2 Å². The van der Waals surface area contributed by atoms with Gasteiger partial charge >= 0.3 is 5.97 Å². The highest BCUT2D eigenvalue weighted by atomic mass is 16.8. The number of nitrogens with zero attached hydrogens (tertiary/aromatic N) is 2. The molecule has 5 fully saturated rings. The first kappa shape index (κ1) is 49.5. The zero-order valence-corrected chi connectivity index (χ0v) is 38.9. The monoisotopic (exact) mass is 857 g/mol. The van der Waals surface area contributed by atoms with Gasteiger partial charge in [-0.2, -0.15) is 0 Å². The standard InChI is InChI=1S/C45H80N2O13/c1-23(2)59-44(18-16-15-17-19-44)60-46-34-24(3)20-25(4)36(57-42-35(48)32(47(12)13)21-26(5)54-42)28(7)37(56-33-22-43(11,53-14)39(50)31(10)55-33)29(8)41(51)58-40-30(9)45(40,52)38(49)27(34)6/h23-33,35-40,42,48-50,52H,15-22H2,1-14H3/b46-34+/t24-,25?,26?,27+,28?,29?,30?,31?,32?,33+,35-,36+,37?,38-,39+,40?,42?,43-,45+/m1/s1. The van der Waals surface area contributed by atoms with Crippen molar-refractivity contribution in [1.82, 2.24) is 4.90 Å². The molecule has 10 unspecified atom stereocenters. The Bertz CT molecular complexity index is 1450. The quantitative estimate of drug-likeness (QED) is 0.134. The van der Waals surface area contributed by atoms with Crippen molar-refractivity contribution in [3.05, 3.63) is 0 Å². The van der Waals surface area contributed by atoms with E-state index in [1.807, 2.05) is 60.5 Å². The number of carbonyl (C=O) groups excluding carboxylic acids is 1. The predicted octanol–water partition coefficient (Wildman–Crippen LogP) is 4.78. The predicted molar refractivity (Wildman–Crippen MR) is 224 cm³/mol. The Labute approximate surface area is 359 Å². The SMILES string of the molecule is CO[C@]1(C)C[C@H](OC2C(C)C(=O)OC3C(C)[C@]3(O)[C@H](O)[C@@H](C)/C(=N/OC3(OC(C)C)CCCCC3)[C@H](C)CC(C)[C@H](OC3OC(C)CC(N(C)C)[C@H]3O)C2C)OC(C)[C@@H]1O. The molecule has 5 rings (SSSR count). The van der Waals surface area contributed by atoms with Gasteiger partial charge in [-0.3, -0.25) is 4.79 Å². The molecule has 0 aromatic rings. The van der Waals surface area contributed by atoms with Crippen molar-refractivity contribution in [2.45, 2.75) is 218 Å². The fourth-order valence-electron chi connectivity index (χ4n) is 10.7. The van der Waals surface area contributed by atoms with E-state index in [0.29, 0.717) is 31.4 Å². The molecule has 0 bridgehead atoms. The van der Waals surface area contributed by atoms with E-state index in [2.05, 4.69) is 6.92 Å². The summed E-state index contributed by atoms with van der Waals surface area (Å²) in [7, 11) is 5.39. The van der Waals surface area contributed by atoms with E-state index < -0.39 is 102 Å². The number of ether oxygens (including phenoxy) is 7. The van der Waals surface area contributed by atoms with Crippen LogP contribution in [0.15, 0.2) is 5.16 Å². The third-order valence-corrected chi connectivity index (χ3v) is 14.6. The lowest BCUT2D eigenvalue weighted by Crippen LogP contribution is -2.58. The third kappa shape index (κ3) is 10.4. The number of hydrogen-bond acceptors (Lipinski definition) is 15. The van der Waals surface area contributed by atoms with Crippen LogP contribution in [-0.2, 0) is 42.8 Å². The average molecular weight is 857 g/mol. The van der Waals surface area contributed by atoms with Crippen molar-refractivity contribution in [2.24, 2.45) is 40.7 Å². The van der Waals surface area contributed by atoms with Crippen molar-refractivity contribution >= 4 is 11.7 Å². The molecule has 0 amide bonds. The van der Waals surface area contributed by atoms with Crippen molar-refractivity contribution in [1.29, 1.82) is 0 Å². The fraction of sp³-hybridized carbons (Fsp3) is 0.956. The molecule has 15 heteroatoms. The minimum atomic E-state index is -1.73.